The fourth-order valence-corrected chi connectivity index (χ4v) is 2.08. The van der Waals surface area contributed by atoms with Crippen LogP contribution in [-0.2, 0) is 19.2 Å². The molecule has 9 nitrogen and oxygen atoms in total. The second-order valence-electron chi connectivity index (χ2n) is 4.78. The molecular weight excluding hydrogens is 398 g/mol. The quantitative estimate of drug-likeness (QED) is 0.268. The summed E-state index contributed by atoms with van der Waals surface area (Å²) < 4.78 is 0. The topological polar surface area (TPSA) is 138 Å². The summed E-state index contributed by atoms with van der Waals surface area (Å²) in [7, 11) is 0. The number of aliphatic carboxylic acids is 2. The van der Waals surface area contributed by atoms with Crippen LogP contribution in [0.3, 0.4) is 0 Å². The Bertz CT molecular complexity index is 725. The minimum Gasteiger partial charge on any atom is -0.548 e. The van der Waals surface area contributed by atoms with Crippen LogP contribution in [0.2, 0.25) is 0 Å². The van der Waals surface area contributed by atoms with E-state index < -0.39 is 48.4 Å². The second-order valence-corrected chi connectivity index (χ2v) is 4.78. The number of rotatable bonds is 5. The van der Waals surface area contributed by atoms with E-state index in [1.807, 2.05) is 0 Å². The van der Waals surface area contributed by atoms with Crippen LogP contribution in [0.4, 0.5) is 4.79 Å². The number of benzene rings is 1. The molecular formula is C15H10K2N2O7. The third-order valence-corrected chi connectivity index (χ3v) is 3.10. The molecule has 1 aliphatic rings. The molecule has 0 radical (unpaired) electrons. The minimum absolute atomic E-state index is 0. The maximum Gasteiger partial charge on any atom is 1.00 e. The number of imide groups is 2. The van der Waals surface area contributed by atoms with Gasteiger partial charge in [0.05, 0.1) is 25.0 Å². The Morgan fingerprint density at radius 3 is 1.65 bits per heavy atom. The maximum atomic E-state index is 12.3. The molecule has 11 heteroatoms. The van der Waals surface area contributed by atoms with Crippen LogP contribution in [0.15, 0.2) is 35.9 Å². The standard InChI is InChI=1S/C15H12N2O7.2K/c18-11(19)7-16-13(22)10(6-9-4-2-1-3-5-9)14(23)17(15(16)24)8-12(20)21;;/h1-6H,7-8H2,(H,18,19)(H,20,21);;/q;2*+1/p-2. The Balaban J connectivity index is 0.00000312. The second kappa shape index (κ2) is 11.6. The van der Waals surface area contributed by atoms with Gasteiger partial charge in [-0.15, -0.1) is 0 Å². The fourth-order valence-electron chi connectivity index (χ4n) is 2.08. The Labute approximate surface area is 233 Å². The normalized spacial score (nSPS) is 13.7. The van der Waals surface area contributed by atoms with Crippen LogP contribution in [0, 0.1) is 0 Å². The summed E-state index contributed by atoms with van der Waals surface area (Å²) in [4.78, 5) is 58.4. The number of barbiturate groups is 1. The van der Waals surface area contributed by atoms with Crippen LogP contribution >= 0.6 is 0 Å². The summed E-state index contributed by atoms with van der Waals surface area (Å²) in [5.41, 5.74) is -0.103. The largest absolute Gasteiger partial charge is 1.00 e. The van der Waals surface area contributed by atoms with Crippen molar-refractivity contribution in [3.8, 4) is 0 Å². The zero-order valence-corrected chi connectivity index (χ0v) is 20.4. The molecule has 1 heterocycles. The van der Waals surface area contributed by atoms with Gasteiger partial charge in [-0.05, 0) is 11.6 Å². The first-order valence-corrected chi connectivity index (χ1v) is 6.65. The van der Waals surface area contributed by atoms with E-state index in [-0.39, 0.29) is 113 Å². The van der Waals surface area contributed by atoms with E-state index in [4.69, 9.17) is 0 Å². The molecule has 1 saturated heterocycles. The Morgan fingerprint density at radius 2 is 1.27 bits per heavy atom. The molecule has 4 amide bonds. The molecule has 0 aliphatic carbocycles. The predicted octanol–water partition coefficient (Wildman–Crippen LogP) is -8.63. The van der Waals surface area contributed by atoms with Crippen molar-refractivity contribution in [2.75, 3.05) is 13.1 Å². The van der Waals surface area contributed by atoms with Gasteiger partial charge in [-0.3, -0.25) is 19.4 Å². The zero-order chi connectivity index (χ0) is 17.9. The molecule has 0 spiro atoms. The SMILES string of the molecule is O=C([O-])CN1C(=O)C(=Cc2ccccc2)C(=O)N(CC(=O)[O-])C1=O.[K+].[K+]. The van der Waals surface area contributed by atoms with E-state index in [0.29, 0.717) is 5.56 Å². The molecule has 1 aromatic rings. The van der Waals surface area contributed by atoms with Crippen molar-refractivity contribution in [2.45, 2.75) is 0 Å². The Kier molecular flexibility index (Phi) is 11.5. The van der Waals surface area contributed by atoms with Gasteiger partial charge >= 0.3 is 109 Å². The van der Waals surface area contributed by atoms with Gasteiger partial charge in [-0.25, -0.2) is 4.79 Å². The van der Waals surface area contributed by atoms with Crippen molar-refractivity contribution >= 4 is 35.9 Å². The predicted molar refractivity (Wildman–Crippen MR) is 73.3 cm³/mol. The van der Waals surface area contributed by atoms with Gasteiger partial charge in [-0.1, -0.05) is 30.3 Å². The van der Waals surface area contributed by atoms with Gasteiger partial charge in [0.15, 0.2) is 0 Å². The molecule has 0 saturated carbocycles. The number of amides is 4. The van der Waals surface area contributed by atoms with Crippen molar-refractivity contribution < 1.29 is 137 Å². The molecule has 0 N–H and O–H groups in total. The van der Waals surface area contributed by atoms with Crippen molar-refractivity contribution in [2.24, 2.45) is 0 Å². The van der Waals surface area contributed by atoms with Crippen molar-refractivity contribution in [1.82, 2.24) is 9.80 Å². The average Bonchev–Trinajstić information content (AvgIpc) is 2.53. The zero-order valence-electron chi connectivity index (χ0n) is 14.1. The third kappa shape index (κ3) is 6.44. The molecule has 1 aromatic carbocycles. The van der Waals surface area contributed by atoms with Crippen LogP contribution < -0.4 is 113 Å². The van der Waals surface area contributed by atoms with Gasteiger partial charge in [-0.2, -0.15) is 0 Å². The van der Waals surface area contributed by atoms with Crippen molar-refractivity contribution in [3.05, 3.63) is 41.5 Å². The van der Waals surface area contributed by atoms with Crippen LogP contribution in [-0.4, -0.2) is 52.7 Å². The minimum atomic E-state index is -1.74. The summed E-state index contributed by atoms with van der Waals surface area (Å²) in [6.45, 7) is -2.22. The van der Waals surface area contributed by atoms with E-state index in [1.165, 1.54) is 0 Å². The Morgan fingerprint density at radius 1 is 0.846 bits per heavy atom. The molecule has 0 aromatic heterocycles. The number of carbonyl (C=O) groups excluding carboxylic acids is 5. The number of nitrogens with zero attached hydrogens (tertiary/aromatic N) is 2. The van der Waals surface area contributed by atoms with E-state index in [2.05, 4.69) is 0 Å². The first kappa shape index (κ1) is 25.8. The van der Waals surface area contributed by atoms with E-state index in [9.17, 15) is 34.2 Å². The molecule has 1 aliphatic heterocycles. The smallest absolute Gasteiger partial charge is 0.548 e. The number of hydrogen-bond donors (Lipinski definition) is 0. The summed E-state index contributed by atoms with van der Waals surface area (Å²) in [5.74, 6) is -5.77. The van der Waals surface area contributed by atoms with Crippen LogP contribution in [0.1, 0.15) is 5.56 Å². The van der Waals surface area contributed by atoms with Crippen molar-refractivity contribution in [3.63, 3.8) is 0 Å². The summed E-state index contributed by atoms with van der Waals surface area (Å²) in [6, 6.07) is 6.73. The van der Waals surface area contributed by atoms with Crippen molar-refractivity contribution in [1.29, 1.82) is 0 Å². The number of carboxylic acid groups (broad SMARTS) is 2. The van der Waals surface area contributed by atoms with Gasteiger partial charge < -0.3 is 19.8 Å². The first-order chi connectivity index (χ1) is 11.3. The third-order valence-electron chi connectivity index (χ3n) is 3.10. The number of carboxylic acids is 2. The number of hydrogen-bond acceptors (Lipinski definition) is 7. The summed E-state index contributed by atoms with van der Waals surface area (Å²) in [5, 5.41) is 21.5. The number of urea groups is 1. The number of carbonyl (C=O) groups is 5. The van der Waals surface area contributed by atoms with Crippen LogP contribution in [0.25, 0.3) is 6.08 Å². The molecule has 2 rings (SSSR count). The molecule has 0 bridgehead atoms. The van der Waals surface area contributed by atoms with Gasteiger partial charge in [0.2, 0.25) is 0 Å². The average molecular weight is 408 g/mol. The van der Waals surface area contributed by atoms with Gasteiger partial charge in [0.25, 0.3) is 11.8 Å². The molecule has 1 fully saturated rings. The summed E-state index contributed by atoms with van der Waals surface area (Å²) >= 11 is 0. The molecule has 0 unspecified atom stereocenters. The van der Waals surface area contributed by atoms with Gasteiger partial charge in [0, 0.05) is 0 Å². The van der Waals surface area contributed by atoms with Gasteiger partial charge in [0.1, 0.15) is 5.57 Å². The fraction of sp³-hybridized carbons (Fsp3) is 0.133. The Hall–Kier alpha value is -0.217. The summed E-state index contributed by atoms with van der Waals surface area (Å²) in [6.07, 6.45) is 1.14. The first-order valence-electron chi connectivity index (χ1n) is 6.65. The van der Waals surface area contributed by atoms with E-state index in [1.54, 1.807) is 30.3 Å². The van der Waals surface area contributed by atoms with E-state index in [0.717, 1.165) is 6.08 Å². The van der Waals surface area contributed by atoms with Crippen LogP contribution in [0.5, 0.6) is 0 Å². The maximum absolute atomic E-state index is 12.3. The monoisotopic (exact) mass is 408 g/mol. The molecule has 26 heavy (non-hydrogen) atoms. The van der Waals surface area contributed by atoms with E-state index >= 15 is 0 Å². The molecule has 124 valence electrons. The molecule has 0 atom stereocenters.